The minimum Gasteiger partial charge on any atom is -0.497 e. The molecule has 0 saturated carbocycles. The predicted octanol–water partition coefficient (Wildman–Crippen LogP) is 5.87. The molecule has 0 bridgehead atoms. The summed E-state index contributed by atoms with van der Waals surface area (Å²) in [5.74, 6) is 0.223. The fourth-order valence-electron chi connectivity index (χ4n) is 3.44. The lowest BCUT2D eigenvalue weighted by atomic mass is 10.1. The average Bonchev–Trinajstić information content (AvgIpc) is 2.86. The van der Waals surface area contributed by atoms with Gasteiger partial charge in [0, 0.05) is 17.1 Å². The smallest absolute Gasteiger partial charge is 0.257 e. The van der Waals surface area contributed by atoms with Crippen LogP contribution in [0.25, 0.3) is 0 Å². The van der Waals surface area contributed by atoms with Gasteiger partial charge in [0.2, 0.25) is 5.91 Å². The Bertz CT molecular complexity index is 1250. The first-order chi connectivity index (χ1) is 16.6. The highest BCUT2D eigenvalue weighted by molar-refractivity contribution is 6.10. The van der Waals surface area contributed by atoms with Gasteiger partial charge in [-0.1, -0.05) is 42.5 Å². The topological polar surface area (TPSA) is 79.5 Å². The molecule has 3 N–H and O–H groups in total. The third-order valence-electron chi connectivity index (χ3n) is 5.17. The fourth-order valence-corrected chi connectivity index (χ4v) is 3.44. The maximum absolute atomic E-state index is 12.9. The Morgan fingerprint density at radius 3 is 2.00 bits per heavy atom. The molecule has 170 valence electrons. The number of ether oxygens (including phenoxy) is 1. The van der Waals surface area contributed by atoms with Crippen LogP contribution in [0.1, 0.15) is 15.9 Å². The summed E-state index contributed by atoms with van der Waals surface area (Å²) in [5, 5.41) is 9.05. The third kappa shape index (κ3) is 6.01. The zero-order valence-corrected chi connectivity index (χ0v) is 18.7. The van der Waals surface area contributed by atoms with Crippen molar-refractivity contribution < 1.29 is 14.3 Å². The molecule has 0 saturated heterocycles. The van der Waals surface area contributed by atoms with E-state index in [4.69, 9.17) is 4.74 Å². The van der Waals surface area contributed by atoms with Crippen LogP contribution in [0.15, 0.2) is 103 Å². The number of rotatable bonds is 8. The van der Waals surface area contributed by atoms with Crippen LogP contribution in [0.2, 0.25) is 0 Å². The van der Waals surface area contributed by atoms with Crippen LogP contribution in [0, 0.1) is 0 Å². The molecule has 0 unspecified atom stereocenters. The molecular formula is C28H25N3O3. The number of benzene rings is 4. The van der Waals surface area contributed by atoms with Crippen molar-refractivity contribution in [3.63, 3.8) is 0 Å². The summed E-state index contributed by atoms with van der Waals surface area (Å²) in [6.45, 7) is 0. The second kappa shape index (κ2) is 10.8. The van der Waals surface area contributed by atoms with Gasteiger partial charge in [-0.25, -0.2) is 0 Å². The van der Waals surface area contributed by atoms with Gasteiger partial charge in [-0.2, -0.15) is 0 Å². The van der Waals surface area contributed by atoms with Crippen molar-refractivity contribution in [3.8, 4) is 5.75 Å². The lowest BCUT2D eigenvalue weighted by molar-refractivity contribution is -0.115. The first-order valence-corrected chi connectivity index (χ1v) is 10.9. The molecule has 0 fully saturated rings. The van der Waals surface area contributed by atoms with E-state index >= 15 is 0 Å². The zero-order valence-electron chi connectivity index (χ0n) is 18.7. The summed E-state index contributed by atoms with van der Waals surface area (Å²) in [7, 11) is 1.60. The lowest BCUT2D eigenvalue weighted by Gasteiger charge is -2.12. The minimum absolute atomic E-state index is 0.190. The van der Waals surface area contributed by atoms with E-state index in [0.29, 0.717) is 16.9 Å². The Morgan fingerprint density at radius 2 is 1.29 bits per heavy atom. The third-order valence-corrected chi connectivity index (χ3v) is 5.17. The Balaban J connectivity index is 1.39. The molecule has 0 aliphatic carbocycles. The summed E-state index contributed by atoms with van der Waals surface area (Å²) in [5.41, 5.74) is 4.25. The number of carbonyl (C=O) groups is 2. The second-order valence-electron chi connectivity index (χ2n) is 7.64. The number of hydrogen-bond acceptors (Lipinski definition) is 4. The molecule has 2 amide bonds. The monoisotopic (exact) mass is 451 g/mol. The van der Waals surface area contributed by atoms with Crippen LogP contribution in [-0.4, -0.2) is 18.9 Å². The van der Waals surface area contributed by atoms with Crippen molar-refractivity contribution in [1.29, 1.82) is 0 Å². The molecule has 0 atom stereocenters. The number of methoxy groups -OCH3 is 1. The number of carbonyl (C=O) groups excluding carboxylic acids is 2. The molecule has 0 aliphatic rings. The first-order valence-electron chi connectivity index (χ1n) is 10.9. The Kier molecular flexibility index (Phi) is 7.20. The van der Waals surface area contributed by atoms with Crippen molar-refractivity contribution in [2.75, 3.05) is 23.1 Å². The molecule has 6 nitrogen and oxygen atoms in total. The Morgan fingerprint density at radius 1 is 0.676 bits per heavy atom. The van der Waals surface area contributed by atoms with Gasteiger partial charge in [0.15, 0.2) is 0 Å². The van der Waals surface area contributed by atoms with Crippen molar-refractivity contribution in [3.05, 3.63) is 114 Å². The highest BCUT2D eigenvalue weighted by atomic mass is 16.5. The first kappa shape index (κ1) is 22.6. The number of nitrogens with one attached hydrogen (secondary N) is 3. The number of anilines is 4. The largest absolute Gasteiger partial charge is 0.497 e. The van der Waals surface area contributed by atoms with E-state index in [1.54, 1.807) is 31.4 Å². The normalized spacial score (nSPS) is 10.3. The molecular weight excluding hydrogens is 426 g/mol. The van der Waals surface area contributed by atoms with Crippen LogP contribution in [0.4, 0.5) is 22.7 Å². The van der Waals surface area contributed by atoms with Gasteiger partial charge >= 0.3 is 0 Å². The molecule has 34 heavy (non-hydrogen) atoms. The fraction of sp³-hybridized carbons (Fsp3) is 0.0714. The van der Waals surface area contributed by atoms with Crippen molar-refractivity contribution in [2.45, 2.75) is 6.42 Å². The number of para-hydroxylation sites is 2. The van der Waals surface area contributed by atoms with E-state index in [-0.39, 0.29) is 18.2 Å². The SMILES string of the molecule is COc1ccc(CC(=O)Nc2ccccc2C(=O)Nc2ccc(Nc3ccccc3)cc2)cc1. The van der Waals surface area contributed by atoms with E-state index in [1.807, 2.05) is 78.9 Å². The number of hydrogen-bond donors (Lipinski definition) is 3. The summed E-state index contributed by atoms with van der Waals surface area (Å²) in [6, 6.07) is 31.5. The molecule has 6 heteroatoms. The van der Waals surface area contributed by atoms with Crippen LogP contribution < -0.4 is 20.7 Å². The summed E-state index contributed by atoms with van der Waals surface area (Å²) >= 11 is 0. The summed E-state index contributed by atoms with van der Waals surface area (Å²) in [6.07, 6.45) is 0.190. The zero-order chi connectivity index (χ0) is 23.8. The van der Waals surface area contributed by atoms with Gasteiger partial charge in [-0.15, -0.1) is 0 Å². The van der Waals surface area contributed by atoms with Gasteiger partial charge < -0.3 is 20.7 Å². The molecule has 0 heterocycles. The van der Waals surface area contributed by atoms with Gasteiger partial charge in [-0.05, 0) is 66.2 Å². The molecule has 0 aliphatic heterocycles. The minimum atomic E-state index is -0.302. The average molecular weight is 452 g/mol. The molecule has 4 aromatic carbocycles. The van der Waals surface area contributed by atoms with Crippen molar-refractivity contribution >= 4 is 34.6 Å². The van der Waals surface area contributed by atoms with Gasteiger partial charge in [-0.3, -0.25) is 9.59 Å². The van der Waals surface area contributed by atoms with Crippen LogP contribution in [0.5, 0.6) is 5.75 Å². The van der Waals surface area contributed by atoms with E-state index in [0.717, 1.165) is 22.7 Å². The van der Waals surface area contributed by atoms with Crippen molar-refractivity contribution in [2.24, 2.45) is 0 Å². The molecule has 0 spiro atoms. The molecule has 0 radical (unpaired) electrons. The van der Waals surface area contributed by atoms with Gasteiger partial charge in [0.25, 0.3) is 5.91 Å². The molecule has 4 rings (SSSR count). The summed E-state index contributed by atoms with van der Waals surface area (Å²) in [4.78, 5) is 25.5. The van der Waals surface area contributed by atoms with Crippen LogP contribution in [0.3, 0.4) is 0 Å². The van der Waals surface area contributed by atoms with E-state index in [2.05, 4.69) is 16.0 Å². The maximum Gasteiger partial charge on any atom is 0.257 e. The quantitative estimate of drug-likeness (QED) is 0.313. The maximum atomic E-state index is 12.9. The predicted molar refractivity (Wildman–Crippen MR) is 136 cm³/mol. The van der Waals surface area contributed by atoms with Crippen LogP contribution in [-0.2, 0) is 11.2 Å². The second-order valence-corrected chi connectivity index (χ2v) is 7.64. The van der Waals surface area contributed by atoms with Gasteiger partial charge in [0.1, 0.15) is 5.75 Å². The van der Waals surface area contributed by atoms with Gasteiger partial charge in [0.05, 0.1) is 24.8 Å². The lowest BCUT2D eigenvalue weighted by Crippen LogP contribution is -2.19. The van der Waals surface area contributed by atoms with Crippen LogP contribution >= 0.6 is 0 Å². The van der Waals surface area contributed by atoms with Crippen molar-refractivity contribution in [1.82, 2.24) is 0 Å². The number of amides is 2. The Labute approximate surface area is 198 Å². The molecule has 0 aromatic heterocycles. The standard InChI is InChI=1S/C28H25N3O3/c1-34-24-17-11-20(12-18-24)19-27(32)31-26-10-6-5-9-25(26)28(33)30-23-15-13-22(14-16-23)29-21-7-3-2-4-8-21/h2-18,29H,19H2,1H3,(H,30,33)(H,31,32). The van der Waals surface area contributed by atoms with E-state index in [9.17, 15) is 9.59 Å². The van der Waals surface area contributed by atoms with E-state index < -0.39 is 0 Å². The van der Waals surface area contributed by atoms with E-state index in [1.165, 1.54) is 0 Å². The summed E-state index contributed by atoms with van der Waals surface area (Å²) < 4.78 is 5.15. The highest BCUT2D eigenvalue weighted by Gasteiger charge is 2.14. The highest BCUT2D eigenvalue weighted by Crippen LogP contribution is 2.21. The molecule has 4 aromatic rings. The Hall–Kier alpha value is -4.58.